The number of nitrogens with one attached hydrogen (secondary N) is 1. The SMILES string of the molecule is O=C(Cc1ccc(N2C(=O)C3C4C=CC(CC4)C3C2=O)cc1)Nc1ccc(Cl)cc1Cl. The van der Waals surface area contributed by atoms with Gasteiger partial charge in [0.25, 0.3) is 0 Å². The smallest absolute Gasteiger partial charge is 0.238 e. The van der Waals surface area contributed by atoms with Gasteiger partial charge in [0.2, 0.25) is 17.7 Å². The minimum Gasteiger partial charge on any atom is -0.324 e. The Hall–Kier alpha value is -2.63. The third-order valence-electron chi connectivity index (χ3n) is 6.52. The van der Waals surface area contributed by atoms with Crippen molar-refractivity contribution < 1.29 is 14.4 Å². The topological polar surface area (TPSA) is 66.5 Å². The number of fused-ring (bicyclic) bond motifs is 1. The van der Waals surface area contributed by atoms with Crippen LogP contribution in [0.15, 0.2) is 54.6 Å². The average Bonchev–Trinajstić information content (AvgIpc) is 3.04. The fourth-order valence-electron chi connectivity index (χ4n) is 5.06. The number of halogens is 2. The van der Waals surface area contributed by atoms with Gasteiger partial charge in [-0.15, -0.1) is 0 Å². The van der Waals surface area contributed by atoms with Crippen molar-refractivity contribution in [1.82, 2.24) is 0 Å². The van der Waals surface area contributed by atoms with Gasteiger partial charge >= 0.3 is 0 Å². The Bertz CT molecular complexity index is 1080. The number of hydrogen-bond acceptors (Lipinski definition) is 3. The van der Waals surface area contributed by atoms with Gasteiger partial charge in [-0.2, -0.15) is 0 Å². The Labute approximate surface area is 190 Å². The molecule has 0 radical (unpaired) electrons. The van der Waals surface area contributed by atoms with Crippen LogP contribution in [0.1, 0.15) is 18.4 Å². The van der Waals surface area contributed by atoms with E-state index in [2.05, 4.69) is 17.5 Å². The van der Waals surface area contributed by atoms with Gasteiger partial charge in [0.15, 0.2) is 0 Å². The lowest BCUT2D eigenvalue weighted by Crippen LogP contribution is -2.38. The molecule has 6 rings (SSSR count). The Morgan fingerprint density at radius 2 is 1.55 bits per heavy atom. The fourth-order valence-corrected chi connectivity index (χ4v) is 5.52. The summed E-state index contributed by atoms with van der Waals surface area (Å²) in [5, 5.41) is 3.63. The number of amides is 3. The van der Waals surface area contributed by atoms with Crippen molar-refractivity contribution in [3.8, 4) is 0 Å². The van der Waals surface area contributed by atoms with Gasteiger partial charge in [0.1, 0.15) is 0 Å². The molecule has 2 bridgehead atoms. The van der Waals surface area contributed by atoms with Crippen LogP contribution < -0.4 is 10.2 Å². The molecule has 3 aliphatic carbocycles. The van der Waals surface area contributed by atoms with Crippen molar-refractivity contribution >= 4 is 52.3 Å². The Morgan fingerprint density at radius 3 is 2.10 bits per heavy atom. The van der Waals surface area contributed by atoms with Crippen molar-refractivity contribution in [2.75, 3.05) is 10.2 Å². The quantitative estimate of drug-likeness (QED) is 0.528. The molecule has 2 aromatic rings. The van der Waals surface area contributed by atoms with Crippen LogP contribution in [0.5, 0.6) is 0 Å². The minimum absolute atomic E-state index is 0.100. The molecule has 158 valence electrons. The number of rotatable bonds is 4. The lowest BCUT2D eigenvalue weighted by molar-refractivity contribution is -0.124. The minimum atomic E-state index is -0.231. The van der Waals surface area contributed by atoms with Crippen LogP contribution in [0, 0.1) is 23.7 Å². The number of benzene rings is 2. The van der Waals surface area contributed by atoms with Crippen LogP contribution in [-0.4, -0.2) is 17.7 Å². The molecular formula is C24H20Cl2N2O3. The molecule has 4 unspecified atom stereocenters. The Morgan fingerprint density at radius 1 is 0.935 bits per heavy atom. The normalized spacial score (nSPS) is 26.3. The molecule has 1 saturated carbocycles. The molecule has 1 N–H and O–H groups in total. The molecule has 4 aliphatic rings. The highest BCUT2D eigenvalue weighted by atomic mass is 35.5. The maximum absolute atomic E-state index is 13.0. The first-order chi connectivity index (χ1) is 14.9. The molecule has 4 atom stereocenters. The highest BCUT2D eigenvalue weighted by Crippen LogP contribution is 2.50. The molecule has 3 amide bonds. The van der Waals surface area contributed by atoms with Crippen LogP contribution >= 0.6 is 23.2 Å². The second-order valence-electron chi connectivity index (χ2n) is 8.37. The van der Waals surface area contributed by atoms with Crippen molar-refractivity contribution in [3.05, 3.63) is 70.2 Å². The summed E-state index contributed by atoms with van der Waals surface area (Å²) in [6.45, 7) is 0. The zero-order chi connectivity index (χ0) is 21.7. The molecule has 1 saturated heterocycles. The first-order valence-electron chi connectivity index (χ1n) is 10.3. The maximum Gasteiger partial charge on any atom is 0.238 e. The number of carbonyl (C=O) groups is 3. The molecule has 5 nitrogen and oxygen atoms in total. The van der Waals surface area contributed by atoms with Gasteiger partial charge in [-0.25, -0.2) is 0 Å². The zero-order valence-corrected chi connectivity index (χ0v) is 18.1. The van der Waals surface area contributed by atoms with Gasteiger partial charge in [0, 0.05) is 5.02 Å². The molecule has 7 heteroatoms. The molecule has 2 aromatic carbocycles. The first-order valence-corrected chi connectivity index (χ1v) is 11.1. The van der Waals surface area contributed by atoms with Gasteiger partial charge in [-0.3, -0.25) is 19.3 Å². The molecule has 1 aliphatic heterocycles. The summed E-state index contributed by atoms with van der Waals surface area (Å²) in [6.07, 6.45) is 6.31. The number of hydrogen-bond donors (Lipinski definition) is 1. The van der Waals surface area contributed by atoms with E-state index in [1.807, 2.05) is 0 Å². The average molecular weight is 455 g/mol. The highest BCUT2D eigenvalue weighted by molar-refractivity contribution is 6.36. The molecular weight excluding hydrogens is 435 g/mol. The predicted molar refractivity (Wildman–Crippen MR) is 120 cm³/mol. The second-order valence-corrected chi connectivity index (χ2v) is 9.21. The van der Waals surface area contributed by atoms with Crippen molar-refractivity contribution in [3.63, 3.8) is 0 Å². The van der Waals surface area contributed by atoms with Gasteiger partial charge < -0.3 is 5.32 Å². The van der Waals surface area contributed by atoms with Crippen molar-refractivity contribution in [2.45, 2.75) is 19.3 Å². The van der Waals surface area contributed by atoms with Crippen molar-refractivity contribution in [1.29, 1.82) is 0 Å². The molecule has 31 heavy (non-hydrogen) atoms. The summed E-state index contributed by atoms with van der Waals surface area (Å²) in [5.74, 6) is -0.553. The first kappa shape index (κ1) is 20.3. The summed E-state index contributed by atoms with van der Waals surface area (Å²) in [4.78, 5) is 39.8. The van der Waals surface area contributed by atoms with E-state index in [4.69, 9.17) is 23.2 Å². The lowest BCUT2D eigenvalue weighted by Gasteiger charge is -2.38. The van der Waals surface area contributed by atoms with Crippen molar-refractivity contribution in [2.24, 2.45) is 23.7 Å². The monoisotopic (exact) mass is 454 g/mol. The van der Waals surface area contributed by atoms with Crippen LogP contribution in [-0.2, 0) is 20.8 Å². The molecule has 0 spiro atoms. The third-order valence-corrected chi connectivity index (χ3v) is 7.07. The Kier molecular flexibility index (Phi) is 5.11. The highest BCUT2D eigenvalue weighted by Gasteiger charge is 2.56. The number of allylic oxidation sites excluding steroid dienone is 2. The van der Waals surface area contributed by atoms with E-state index in [1.165, 1.54) is 4.90 Å². The van der Waals surface area contributed by atoms with E-state index in [0.717, 1.165) is 18.4 Å². The summed E-state index contributed by atoms with van der Waals surface area (Å²) in [7, 11) is 0. The van der Waals surface area contributed by atoms with E-state index >= 15 is 0 Å². The number of nitrogens with zero attached hydrogens (tertiary/aromatic N) is 1. The zero-order valence-electron chi connectivity index (χ0n) is 16.6. The van der Waals surface area contributed by atoms with Gasteiger partial charge in [0.05, 0.1) is 34.7 Å². The van der Waals surface area contributed by atoms with Crippen LogP contribution in [0.25, 0.3) is 0 Å². The van der Waals surface area contributed by atoms with E-state index in [9.17, 15) is 14.4 Å². The number of imide groups is 1. The Balaban J connectivity index is 1.29. The summed E-state index contributed by atoms with van der Waals surface area (Å²) >= 11 is 12.0. The second kappa shape index (κ2) is 7.81. The van der Waals surface area contributed by atoms with Crippen LogP contribution in [0.2, 0.25) is 10.0 Å². The number of anilines is 2. The van der Waals surface area contributed by atoms with E-state index in [-0.39, 0.29) is 47.8 Å². The van der Waals surface area contributed by atoms with E-state index in [1.54, 1.807) is 42.5 Å². The van der Waals surface area contributed by atoms with Gasteiger partial charge in [-0.1, -0.05) is 47.5 Å². The summed E-state index contributed by atoms with van der Waals surface area (Å²) in [6, 6.07) is 11.9. The van der Waals surface area contributed by atoms with E-state index < -0.39 is 0 Å². The maximum atomic E-state index is 13.0. The van der Waals surface area contributed by atoms with Crippen LogP contribution in [0.4, 0.5) is 11.4 Å². The molecule has 1 heterocycles. The largest absolute Gasteiger partial charge is 0.324 e. The lowest BCUT2D eigenvalue weighted by atomic mass is 9.63. The van der Waals surface area contributed by atoms with Crippen LogP contribution in [0.3, 0.4) is 0 Å². The number of carbonyl (C=O) groups excluding carboxylic acids is 3. The van der Waals surface area contributed by atoms with Gasteiger partial charge in [-0.05, 0) is 60.6 Å². The molecule has 0 aromatic heterocycles. The van der Waals surface area contributed by atoms with E-state index in [0.29, 0.717) is 21.4 Å². The predicted octanol–water partition coefficient (Wildman–Crippen LogP) is 4.88. The summed E-state index contributed by atoms with van der Waals surface area (Å²) in [5.41, 5.74) is 1.82. The summed E-state index contributed by atoms with van der Waals surface area (Å²) < 4.78 is 0. The fraction of sp³-hybridized carbons (Fsp3) is 0.292. The molecule has 2 fully saturated rings. The standard InChI is InChI=1S/C24H20Cl2N2O3/c25-16-7-10-19(18(26)12-16)27-20(29)11-13-1-8-17(9-2-13)28-23(30)21-14-3-4-15(6-5-14)22(21)24(28)31/h1-4,7-10,12,14-15,21-22H,5-6,11H2,(H,27,29). The third kappa shape index (κ3) is 3.56.